The van der Waals surface area contributed by atoms with Crippen LogP contribution >= 0.6 is 11.3 Å². The second-order valence-corrected chi connectivity index (χ2v) is 11.2. The van der Waals surface area contributed by atoms with Crippen LogP contribution in [0.3, 0.4) is 0 Å². The molecule has 0 atom stereocenters. The summed E-state index contributed by atoms with van der Waals surface area (Å²) < 4.78 is 6.11. The molecule has 2 aromatic carbocycles. The maximum absolute atomic E-state index is 12.4. The van der Waals surface area contributed by atoms with Crippen molar-refractivity contribution in [3.63, 3.8) is 0 Å². The zero-order chi connectivity index (χ0) is 28.9. The van der Waals surface area contributed by atoms with Gasteiger partial charge in [0.2, 0.25) is 0 Å². The molecule has 8 heteroatoms. The number of hydrogen-bond acceptors (Lipinski definition) is 6. The zero-order valence-corrected chi connectivity index (χ0v) is 23.9. The van der Waals surface area contributed by atoms with Crippen molar-refractivity contribution in [3.05, 3.63) is 107 Å². The van der Waals surface area contributed by atoms with E-state index in [1.165, 1.54) is 24.0 Å². The number of carboxylic acid groups (broad SMARTS) is 1. The van der Waals surface area contributed by atoms with E-state index in [2.05, 4.69) is 40.6 Å². The predicted molar refractivity (Wildman–Crippen MR) is 166 cm³/mol. The lowest BCUT2D eigenvalue weighted by molar-refractivity contribution is -0.136. The number of hydrogen-bond donors (Lipinski definition) is 2. The smallest absolute Gasteiger partial charge is 0.305 e. The topological polar surface area (TPSA) is 95.7 Å². The summed E-state index contributed by atoms with van der Waals surface area (Å²) in [6, 6.07) is 26.0. The fourth-order valence-electron chi connectivity index (χ4n) is 5.16. The second kappa shape index (κ2) is 12.4. The van der Waals surface area contributed by atoms with Crippen molar-refractivity contribution in [2.24, 2.45) is 0 Å². The molecule has 2 N–H and O–H groups in total. The average Bonchev–Trinajstić information content (AvgIpc) is 3.70. The largest absolute Gasteiger partial charge is 0.481 e. The minimum Gasteiger partial charge on any atom is -0.481 e. The van der Waals surface area contributed by atoms with Crippen LogP contribution in [0.5, 0.6) is 0 Å². The third-order valence-electron chi connectivity index (χ3n) is 7.44. The highest BCUT2D eigenvalue weighted by Gasteiger charge is 2.18. The number of fused-ring (bicyclic) bond motifs is 1. The van der Waals surface area contributed by atoms with Crippen molar-refractivity contribution >= 4 is 39.6 Å². The lowest BCUT2D eigenvalue weighted by Crippen LogP contribution is -2.26. The van der Waals surface area contributed by atoms with E-state index in [-0.39, 0.29) is 18.9 Å². The van der Waals surface area contributed by atoms with Crippen LogP contribution in [0.25, 0.3) is 28.4 Å². The van der Waals surface area contributed by atoms with Gasteiger partial charge in [-0.3, -0.25) is 9.59 Å². The normalized spacial score (nSPS) is 13.1. The molecule has 0 spiro atoms. The van der Waals surface area contributed by atoms with E-state index >= 15 is 0 Å². The average molecular weight is 578 g/mol. The van der Waals surface area contributed by atoms with Crippen LogP contribution in [-0.4, -0.2) is 28.5 Å². The minimum absolute atomic E-state index is 0.0913. The van der Waals surface area contributed by atoms with Crippen LogP contribution in [0.15, 0.2) is 94.7 Å². The Morgan fingerprint density at radius 1 is 0.929 bits per heavy atom. The van der Waals surface area contributed by atoms with Crippen LogP contribution in [0, 0.1) is 0 Å². The van der Waals surface area contributed by atoms with E-state index in [1.807, 2.05) is 47.8 Å². The number of benzene rings is 2. The van der Waals surface area contributed by atoms with Gasteiger partial charge in [0.15, 0.2) is 10.9 Å². The van der Waals surface area contributed by atoms with Gasteiger partial charge in [-0.2, -0.15) is 0 Å². The Balaban J connectivity index is 1.26. The number of aromatic nitrogens is 1. The highest BCUT2D eigenvalue weighted by molar-refractivity contribution is 7.14. The molecule has 1 aliphatic heterocycles. The molecule has 0 saturated heterocycles. The second-order valence-electron chi connectivity index (χ2n) is 10.4. The summed E-state index contributed by atoms with van der Waals surface area (Å²) in [4.78, 5) is 30.3. The van der Waals surface area contributed by atoms with E-state index in [4.69, 9.17) is 14.5 Å². The lowest BCUT2D eigenvalue weighted by Gasteiger charge is -2.23. The molecule has 0 fully saturated rings. The maximum atomic E-state index is 12.4. The highest BCUT2D eigenvalue weighted by atomic mass is 32.1. The first-order valence-corrected chi connectivity index (χ1v) is 15.0. The quantitative estimate of drug-likeness (QED) is 0.175. The third kappa shape index (κ3) is 6.29. The van der Waals surface area contributed by atoms with Crippen molar-refractivity contribution in [3.8, 4) is 22.8 Å². The van der Waals surface area contributed by atoms with Crippen molar-refractivity contribution in [2.45, 2.75) is 38.6 Å². The van der Waals surface area contributed by atoms with Crippen LogP contribution < -0.4 is 10.2 Å². The number of carbonyl (C=O) groups is 2. The fourth-order valence-corrected chi connectivity index (χ4v) is 5.99. The minimum atomic E-state index is -0.945. The third-order valence-corrected chi connectivity index (χ3v) is 8.30. The van der Waals surface area contributed by atoms with Crippen LogP contribution in [0.1, 0.15) is 53.6 Å². The van der Waals surface area contributed by atoms with Gasteiger partial charge in [-0.1, -0.05) is 42.5 Å². The molecular formula is C34H31N3O4S. The number of anilines is 2. The molecule has 212 valence electrons. The molecule has 1 amide bonds. The molecule has 7 nitrogen and oxygen atoms in total. The fraction of sp³-hybridized carbons (Fsp3) is 0.206. The van der Waals surface area contributed by atoms with Crippen molar-refractivity contribution in [1.29, 1.82) is 0 Å². The number of thiazole rings is 1. The molecule has 42 heavy (non-hydrogen) atoms. The molecule has 2 heterocycles. The van der Waals surface area contributed by atoms with Gasteiger partial charge in [0.1, 0.15) is 11.5 Å². The van der Waals surface area contributed by atoms with Crippen molar-refractivity contribution in [1.82, 2.24) is 10.3 Å². The van der Waals surface area contributed by atoms with Crippen LogP contribution in [0.2, 0.25) is 0 Å². The summed E-state index contributed by atoms with van der Waals surface area (Å²) in [5.41, 5.74) is 7.03. The molecule has 6 rings (SSSR count). The Bertz CT molecular complexity index is 1680. The lowest BCUT2D eigenvalue weighted by atomic mass is 9.93. The first kappa shape index (κ1) is 27.5. The van der Waals surface area contributed by atoms with E-state index in [9.17, 15) is 9.59 Å². The van der Waals surface area contributed by atoms with Gasteiger partial charge in [-0.15, -0.1) is 11.3 Å². The maximum Gasteiger partial charge on any atom is 0.305 e. The molecule has 0 unspecified atom stereocenters. The molecule has 3 aromatic rings. The number of nitrogens with one attached hydrogen (secondary N) is 1. The Morgan fingerprint density at radius 2 is 1.74 bits per heavy atom. The van der Waals surface area contributed by atoms with Crippen LogP contribution in [0.4, 0.5) is 10.8 Å². The number of aliphatic carboxylic acids is 1. The molecule has 0 radical (unpaired) electrons. The summed E-state index contributed by atoms with van der Waals surface area (Å²) in [6.45, 7) is 0.642. The van der Waals surface area contributed by atoms with Crippen LogP contribution in [-0.2, 0) is 11.3 Å². The van der Waals surface area contributed by atoms with Gasteiger partial charge in [0.25, 0.3) is 5.91 Å². The standard InChI is InChI=1S/C34H31N3O4S/c38-32(39)19-20-35-33(40)27-11-9-23(10-12-27)21-37(28-16-13-25(14-17-28)24-5-2-1-3-6-24)34-36-29(22-42-34)31-18-15-26-7-4-8-30(26)41-31/h4-5,7-18,22H,1-3,6,19-21H2,(H,35,40)(H,38,39). The molecular weight excluding hydrogens is 546 g/mol. The number of nitrogens with zero attached hydrogens (tertiary/aromatic N) is 2. The first-order valence-electron chi connectivity index (χ1n) is 14.1. The number of allylic oxidation sites excluding steroid dienone is 2. The molecule has 1 aromatic heterocycles. The Kier molecular flexibility index (Phi) is 8.14. The highest BCUT2D eigenvalue weighted by Crippen LogP contribution is 2.36. The number of rotatable bonds is 10. The Labute approximate surface area is 248 Å². The molecule has 2 aliphatic carbocycles. The predicted octanol–water partition coefficient (Wildman–Crippen LogP) is 8.01. The summed E-state index contributed by atoms with van der Waals surface area (Å²) in [5, 5.41) is 14.3. The number of carbonyl (C=O) groups excluding carboxylic acids is 1. The number of carboxylic acids is 1. The SMILES string of the molecule is O=C(O)CCNC(=O)c1ccc(CN(c2ccc(C3=CCCCC3)cc2)c2nc(-c3ccc4cccc-4o3)cs2)cc1. The number of amides is 1. The van der Waals surface area contributed by atoms with E-state index in [0.29, 0.717) is 17.9 Å². The van der Waals surface area contributed by atoms with Gasteiger partial charge in [-0.25, -0.2) is 4.98 Å². The van der Waals surface area contributed by atoms with Crippen molar-refractivity contribution < 1.29 is 19.1 Å². The van der Waals surface area contributed by atoms with Gasteiger partial charge in [0, 0.05) is 28.7 Å². The van der Waals surface area contributed by atoms with E-state index < -0.39 is 5.97 Å². The Morgan fingerprint density at radius 3 is 2.50 bits per heavy atom. The zero-order valence-electron chi connectivity index (χ0n) is 23.1. The molecule has 0 saturated carbocycles. The van der Waals surface area contributed by atoms with Gasteiger partial charge in [-0.05, 0) is 84.8 Å². The first-order chi connectivity index (χ1) is 20.5. The van der Waals surface area contributed by atoms with Crippen molar-refractivity contribution in [2.75, 3.05) is 11.4 Å². The molecule has 0 bridgehead atoms. The van der Waals surface area contributed by atoms with Gasteiger partial charge in [0.05, 0.1) is 13.0 Å². The summed E-state index contributed by atoms with van der Waals surface area (Å²) in [7, 11) is 0. The summed E-state index contributed by atoms with van der Waals surface area (Å²) >= 11 is 1.56. The van der Waals surface area contributed by atoms with E-state index in [0.717, 1.165) is 46.2 Å². The summed E-state index contributed by atoms with van der Waals surface area (Å²) in [5.74, 6) is 0.315. The monoisotopic (exact) mass is 577 g/mol. The van der Waals surface area contributed by atoms with E-state index in [1.54, 1.807) is 23.5 Å². The Hall–Kier alpha value is -4.69. The van der Waals surface area contributed by atoms with Gasteiger partial charge >= 0.3 is 5.97 Å². The summed E-state index contributed by atoms with van der Waals surface area (Å²) in [6.07, 6.45) is 6.99. The van der Waals surface area contributed by atoms with Gasteiger partial charge < -0.3 is 19.7 Å². The molecule has 3 aliphatic rings.